The Bertz CT molecular complexity index is 1370. The highest BCUT2D eigenvalue weighted by atomic mass is 16.5. The van der Waals surface area contributed by atoms with E-state index in [9.17, 15) is 4.79 Å². The molecule has 0 unspecified atom stereocenters. The van der Waals surface area contributed by atoms with E-state index in [4.69, 9.17) is 4.52 Å². The number of H-pyrrole nitrogens is 1. The van der Waals surface area contributed by atoms with Gasteiger partial charge in [-0.15, -0.1) is 0 Å². The summed E-state index contributed by atoms with van der Waals surface area (Å²) in [6, 6.07) is 11.2. The number of aryl methyl sites for hydroxylation is 1. The van der Waals surface area contributed by atoms with Gasteiger partial charge >= 0.3 is 0 Å². The number of imidazole rings is 1. The van der Waals surface area contributed by atoms with Crippen LogP contribution in [0, 0.1) is 0 Å². The molecule has 10 nitrogen and oxygen atoms in total. The molecule has 0 aliphatic rings. The zero-order valence-electron chi connectivity index (χ0n) is 16.8. The molecule has 0 aliphatic heterocycles. The second-order valence-corrected chi connectivity index (χ2v) is 7.05. The van der Waals surface area contributed by atoms with Crippen LogP contribution < -0.4 is 5.32 Å². The monoisotopic (exact) mass is 414 g/mol. The van der Waals surface area contributed by atoms with E-state index in [1.165, 1.54) is 6.33 Å². The molecule has 154 valence electrons. The standard InChI is InChI=1S/C21H18N8O2/c1-12(26-21(30)18-14-9-25-29(2)20(14)24-11-23-18)17-8-15(28-31-17)19-22-10-16(27-19)13-6-4-3-5-7-13/h3-12H,1-2H3,(H,22,27)(H,26,30)/t12-/m1/s1. The minimum atomic E-state index is -0.431. The summed E-state index contributed by atoms with van der Waals surface area (Å²) in [5.74, 6) is 0.730. The van der Waals surface area contributed by atoms with Crippen LogP contribution in [-0.4, -0.2) is 40.8 Å². The van der Waals surface area contributed by atoms with Crippen LogP contribution in [0.3, 0.4) is 0 Å². The number of fused-ring (bicyclic) bond motifs is 1. The Morgan fingerprint density at radius 1 is 1.16 bits per heavy atom. The van der Waals surface area contributed by atoms with Crippen LogP contribution >= 0.6 is 0 Å². The third-order valence-corrected chi connectivity index (χ3v) is 4.95. The summed E-state index contributed by atoms with van der Waals surface area (Å²) in [6.45, 7) is 1.81. The molecule has 0 saturated heterocycles. The highest BCUT2D eigenvalue weighted by molar-refractivity contribution is 6.03. The smallest absolute Gasteiger partial charge is 0.271 e. The summed E-state index contributed by atoms with van der Waals surface area (Å²) in [5, 5.41) is 11.7. The van der Waals surface area contributed by atoms with Crippen molar-refractivity contribution in [2.24, 2.45) is 7.05 Å². The van der Waals surface area contributed by atoms with Gasteiger partial charge in [-0.25, -0.2) is 15.0 Å². The van der Waals surface area contributed by atoms with Crippen molar-refractivity contribution in [3.8, 4) is 22.8 Å². The molecule has 5 rings (SSSR count). The van der Waals surface area contributed by atoms with E-state index < -0.39 is 6.04 Å². The van der Waals surface area contributed by atoms with E-state index in [1.807, 2.05) is 30.3 Å². The van der Waals surface area contributed by atoms with Gasteiger partial charge in [-0.3, -0.25) is 9.48 Å². The van der Waals surface area contributed by atoms with E-state index in [0.29, 0.717) is 28.3 Å². The number of benzene rings is 1. The summed E-state index contributed by atoms with van der Waals surface area (Å²) in [7, 11) is 1.76. The second kappa shape index (κ2) is 7.48. The Morgan fingerprint density at radius 3 is 2.84 bits per heavy atom. The summed E-state index contributed by atoms with van der Waals surface area (Å²) >= 11 is 0. The van der Waals surface area contributed by atoms with Crippen molar-refractivity contribution in [2.45, 2.75) is 13.0 Å². The van der Waals surface area contributed by atoms with Gasteiger partial charge < -0.3 is 14.8 Å². The normalized spacial score (nSPS) is 12.2. The molecule has 0 aliphatic carbocycles. The van der Waals surface area contributed by atoms with Crippen LogP contribution in [0.25, 0.3) is 33.8 Å². The van der Waals surface area contributed by atoms with Gasteiger partial charge in [0.25, 0.3) is 5.91 Å². The predicted octanol–water partition coefficient (Wildman–Crippen LogP) is 2.90. The lowest BCUT2D eigenvalue weighted by molar-refractivity contribution is 0.0930. The molecule has 4 aromatic heterocycles. The van der Waals surface area contributed by atoms with E-state index >= 15 is 0 Å². The quantitative estimate of drug-likeness (QED) is 0.452. The van der Waals surface area contributed by atoms with Gasteiger partial charge in [0.1, 0.15) is 17.7 Å². The van der Waals surface area contributed by atoms with E-state index in [1.54, 1.807) is 37.1 Å². The summed E-state index contributed by atoms with van der Waals surface area (Å²) in [4.78, 5) is 28.7. The first kappa shape index (κ1) is 18.7. The summed E-state index contributed by atoms with van der Waals surface area (Å²) in [6.07, 6.45) is 4.67. The Hall–Kier alpha value is -4.34. The molecule has 1 aromatic carbocycles. The van der Waals surface area contributed by atoms with Crippen LogP contribution in [0.15, 0.2) is 59.6 Å². The number of aromatic nitrogens is 7. The van der Waals surface area contributed by atoms with Gasteiger partial charge in [0.15, 0.2) is 17.2 Å². The van der Waals surface area contributed by atoms with Crippen LogP contribution in [0.5, 0.6) is 0 Å². The molecule has 1 amide bonds. The van der Waals surface area contributed by atoms with Crippen molar-refractivity contribution in [3.63, 3.8) is 0 Å². The van der Waals surface area contributed by atoms with Crippen LogP contribution in [0.1, 0.15) is 29.2 Å². The first-order valence-electron chi connectivity index (χ1n) is 9.61. The van der Waals surface area contributed by atoms with Crippen LogP contribution in [-0.2, 0) is 7.05 Å². The maximum atomic E-state index is 12.8. The largest absolute Gasteiger partial charge is 0.358 e. The third kappa shape index (κ3) is 3.44. The van der Waals surface area contributed by atoms with E-state index in [-0.39, 0.29) is 11.6 Å². The van der Waals surface area contributed by atoms with Crippen molar-refractivity contribution >= 4 is 16.9 Å². The average Bonchev–Trinajstić information content (AvgIpc) is 3.54. The molecular formula is C21H18N8O2. The number of carbonyl (C=O) groups is 1. The maximum Gasteiger partial charge on any atom is 0.271 e. The lowest BCUT2D eigenvalue weighted by Gasteiger charge is -2.10. The zero-order valence-corrected chi connectivity index (χ0v) is 16.8. The molecule has 0 bridgehead atoms. The number of nitrogens with zero attached hydrogens (tertiary/aromatic N) is 6. The fourth-order valence-corrected chi connectivity index (χ4v) is 3.30. The molecule has 0 radical (unpaired) electrons. The summed E-state index contributed by atoms with van der Waals surface area (Å²) < 4.78 is 7.04. The van der Waals surface area contributed by atoms with Crippen molar-refractivity contribution in [2.75, 3.05) is 0 Å². The molecule has 0 fully saturated rings. The molecule has 4 heterocycles. The lowest BCUT2D eigenvalue weighted by atomic mass is 10.2. The van der Waals surface area contributed by atoms with E-state index in [0.717, 1.165) is 11.3 Å². The number of rotatable bonds is 5. The zero-order chi connectivity index (χ0) is 21.4. The first-order chi connectivity index (χ1) is 15.1. The second-order valence-electron chi connectivity index (χ2n) is 7.05. The predicted molar refractivity (Wildman–Crippen MR) is 112 cm³/mol. The topological polar surface area (TPSA) is 127 Å². The number of hydrogen-bond donors (Lipinski definition) is 2. The van der Waals surface area contributed by atoms with Gasteiger partial charge in [-0.2, -0.15) is 5.10 Å². The van der Waals surface area contributed by atoms with Crippen molar-refractivity contribution in [1.29, 1.82) is 0 Å². The van der Waals surface area contributed by atoms with Gasteiger partial charge in [-0.1, -0.05) is 35.5 Å². The molecule has 0 saturated carbocycles. The minimum absolute atomic E-state index is 0.253. The van der Waals surface area contributed by atoms with Crippen molar-refractivity contribution in [1.82, 2.24) is 40.2 Å². The molecule has 1 atom stereocenters. The Labute approximate surface area is 176 Å². The molecule has 0 spiro atoms. The minimum Gasteiger partial charge on any atom is -0.358 e. The lowest BCUT2D eigenvalue weighted by Crippen LogP contribution is -2.27. The SMILES string of the molecule is C[C@@H](NC(=O)c1ncnc2c1cnn2C)c1cc(-c2ncc(-c3ccccc3)[nH]2)no1. The van der Waals surface area contributed by atoms with Gasteiger partial charge in [0.05, 0.1) is 29.5 Å². The molecular weight excluding hydrogens is 396 g/mol. The van der Waals surface area contributed by atoms with Crippen LogP contribution in [0.4, 0.5) is 0 Å². The van der Waals surface area contributed by atoms with Gasteiger partial charge in [0, 0.05) is 13.1 Å². The number of carbonyl (C=O) groups excluding carboxylic acids is 1. The number of aromatic amines is 1. The molecule has 31 heavy (non-hydrogen) atoms. The number of hydrogen-bond acceptors (Lipinski definition) is 7. The third-order valence-electron chi connectivity index (χ3n) is 4.95. The number of nitrogens with one attached hydrogen (secondary N) is 2. The highest BCUT2D eigenvalue weighted by Gasteiger charge is 2.21. The van der Waals surface area contributed by atoms with Crippen LogP contribution in [0.2, 0.25) is 0 Å². The fraction of sp³-hybridized carbons (Fsp3) is 0.143. The van der Waals surface area contributed by atoms with Gasteiger partial charge in [0.2, 0.25) is 0 Å². The Balaban J connectivity index is 1.34. The van der Waals surface area contributed by atoms with Gasteiger partial charge in [-0.05, 0) is 12.5 Å². The molecule has 10 heteroatoms. The molecule has 2 N–H and O–H groups in total. The highest BCUT2D eigenvalue weighted by Crippen LogP contribution is 2.24. The van der Waals surface area contributed by atoms with Crippen molar-refractivity contribution < 1.29 is 9.32 Å². The van der Waals surface area contributed by atoms with Crippen molar-refractivity contribution in [3.05, 3.63) is 66.6 Å². The Kier molecular flexibility index (Phi) is 4.51. The Morgan fingerprint density at radius 2 is 2.00 bits per heavy atom. The average molecular weight is 414 g/mol. The summed E-state index contributed by atoms with van der Waals surface area (Å²) in [5.41, 5.74) is 3.29. The maximum absolute atomic E-state index is 12.8. The first-order valence-corrected chi connectivity index (χ1v) is 9.61. The fourth-order valence-electron chi connectivity index (χ4n) is 3.30. The molecule has 5 aromatic rings. The van der Waals surface area contributed by atoms with E-state index in [2.05, 4.69) is 35.5 Å². The number of amides is 1.